The predicted molar refractivity (Wildman–Crippen MR) is 84.6 cm³/mol. The van der Waals surface area contributed by atoms with E-state index >= 15 is 0 Å². The van der Waals surface area contributed by atoms with Crippen molar-refractivity contribution in [2.75, 3.05) is 12.3 Å². The first-order valence-corrected chi connectivity index (χ1v) is 8.42. The predicted octanol–water partition coefficient (Wildman–Crippen LogP) is 3.15. The van der Waals surface area contributed by atoms with Crippen molar-refractivity contribution >= 4 is 39.6 Å². The van der Waals surface area contributed by atoms with Gasteiger partial charge in [-0.1, -0.05) is 22.0 Å². The van der Waals surface area contributed by atoms with Gasteiger partial charge in [-0.15, -0.1) is 0 Å². The Kier molecular flexibility index (Phi) is 4.93. The first-order chi connectivity index (χ1) is 9.81. The average molecular weight is 375 g/mol. The average Bonchev–Trinajstić information content (AvgIpc) is 2.58. The summed E-state index contributed by atoms with van der Waals surface area (Å²) in [6.07, 6.45) is 0. The second kappa shape index (κ2) is 6.36. The molecule has 1 N–H and O–H groups in total. The van der Waals surface area contributed by atoms with Crippen molar-refractivity contribution in [3.05, 3.63) is 34.1 Å². The Morgan fingerprint density at radius 2 is 2.10 bits per heavy atom. The minimum atomic E-state index is -0.834. The van der Waals surface area contributed by atoms with Gasteiger partial charge in [0.05, 0.1) is 0 Å². The Balaban J connectivity index is 1.83. The number of nitrogens with zero attached hydrogens (tertiary/aromatic N) is 1. The third kappa shape index (κ3) is 3.77. The van der Waals surface area contributed by atoms with Gasteiger partial charge in [-0.3, -0.25) is 9.69 Å². The molecule has 0 radical (unpaired) electrons. The molecule has 1 fully saturated rings. The van der Waals surface area contributed by atoms with Gasteiger partial charge < -0.3 is 5.32 Å². The summed E-state index contributed by atoms with van der Waals surface area (Å²) < 4.78 is 14.3. The lowest BCUT2D eigenvalue weighted by molar-refractivity contribution is -0.130. The zero-order valence-electron chi connectivity index (χ0n) is 11.8. The third-order valence-corrected chi connectivity index (χ3v) is 4.66. The molecule has 1 aromatic carbocycles. The highest BCUT2D eigenvalue weighted by atomic mass is 79.9. The maximum Gasteiger partial charge on any atom is 0.325 e. The molecule has 21 heavy (non-hydrogen) atoms. The number of carbonyl (C=O) groups excluding carboxylic acids is 2. The van der Waals surface area contributed by atoms with E-state index in [-0.39, 0.29) is 17.8 Å². The van der Waals surface area contributed by atoms with Crippen LogP contribution in [0, 0.1) is 5.82 Å². The van der Waals surface area contributed by atoms with E-state index in [0.29, 0.717) is 28.1 Å². The molecule has 1 saturated heterocycles. The second-order valence-electron chi connectivity index (χ2n) is 5.30. The number of nitrogens with one attached hydrogen (secondary N) is 1. The van der Waals surface area contributed by atoms with Crippen LogP contribution in [0.1, 0.15) is 19.4 Å². The molecular weight excluding hydrogens is 359 g/mol. The van der Waals surface area contributed by atoms with Gasteiger partial charge in [-0.25, -0.2) is 9.18 Å². The Morgan fingerprint density at radius 1 is 1.38 bits per heavy atom. The molecule has 0 aromatic heterocycles. The zero-order chi connectivity index (χ0) is 15.6. The lowest BCUT2D eigenvalue weighted by Gasteiger charge is -2.15. The number of rotatable bonds is 5. The number of halogens is 2. The highest BCUT2D eigenvalue weighted by Gasteiger charge is 2.43. The molecule has 1 aliphatic heterocycles. The van der Waals surface area contributed by atoms with Crippen molar-refractivity contribution in [3.8, 4) is 0 Å². The van der Waals surface area contributed by atoms with E-state index in [1.54, 1.807) is 26.0 Å². The van der Waals surface area contributed by atoms with E-state index in [1.165, 1.54) is 22.7 Å². The van der Waals surface area contributed by atoms with Crippen LogP contribution in [0.15, 0.2) is 22.7 Å². The summed E-state index contributed by atoms with van der Waals surface area (Å²) in [4.78, 5) is 24.9. The Bertz CT molecular complexity index is 580. The summed E-state index contributed by atoms with van der Waals surface area (Å²) in [5, 5.41) is 2.63. The van der Waals surface area contributed by atoms with Crippen LogP contribution >= 0.6 is 27.7 Å². The summed E-state index contributed by atoms with van der Waals surface area (Å²) in [5.41, 5.74) is -0.222. The molecule has 114 valence electrons. The molecule has 0 spiro atoms. The highest BCUT2D eigenvalue weighted by Crippen LogP contribution is 2.21. The van der Waals surface area contributed by atoms with Crippen LogP contribution in [0.5, 0.6) is 0 Å². The van der Waals surface area contributed by atoms with Gasteiger partial charge >= 0.3 is 6.03 Å². The lowest BCUT2D eigenvalue weighted by atomic mass is 10.1. The Hall–Kier alpha value is -1.08. The number of urea groups is 1. The fourth-order valence-electron chi connectivity index (χ4n) is 2.00. The van der Waals surface area contributed by atoms with Crippen molar-refractivity contribution < 1.29 is 14.0 Å². The van der Waals surface area contributed by atoms with Crippen LogP contribution in [0.2, 0.25) is 0 Å². The van der Waals surface area contributed by atoms with Crippen molar-refractivity contribution in [2.24, 2.45) is 0 Å². The van der Waals surface area contributed by atoms with Gasteiger partial charge in [0.25, 0.3) is 5.91 Å². The highest BCUT2D eigenvalue weighted by molar-refractivity contribution is 9.10. The molecule has 3 amide bonds. The first kappa shape index (κ1) is 16.3. The van der Waals surface area contributed by atoms with Gasteiger partial charge in [0.2, 0.25) is 0 Å². The SMILES string of the molecule is CC1(C)NC(=O)N(CCSCc2ccc(Br)cc2F)C1=O. The molecule has 1 heterocycles. The van der Waals surface area contributed by atoms with Crippen LogP contribution in [-0.2, 0) is 10.5 Å². The molecule has 0 bridgehead atoms. The van der Waals surface area contributed by atoms with E-state index in [2.05, 4.69) is 21.2 Å². The van der Waals surface area contributed by atoms with Crippen LogP contribution in [0.3, 0.4) is 0 Å². The molecule has 2 rings (SSSR count). The largest absolute Gasteiger partial charge is 0.325 e. The number of hydrogen-bond donors (Lipinski definition) is 1. The van der Waals surface area contributed by atoms with Crippen LogP contribution in [0.25, 0.3) is 0 Å². The number of hydrogen-bond acceptors (Lipinski definition) is 3. The number of imide groups is 1. The van der Waals surface area contributed by atoms with Gasteiger partial charge in [-0.05, 0) is 31.5 Å². The summed E-state index contributed by atoms with van der Waals surface area (Å²) in [6.45, 7) is 3.69. The topological polar surface area (TPSA) is 49.4 Å². The number of thioether (sulfide) groups is 1. The van der Waals surface area contributed by atoms with Crippen LogP contribution < -0.4 is 5.32 Å². The normalized spacial score (nSPS) is 17.2. The van der Waals surface area contributed by atoms with Crippen LogP contribution in [0.4, 0.5) is 9.18 Å². The first-order valence-electron chi connectivity index (χ1n) is 6.47. The summed E-state index contributed by atoms with van der Waals surface area (Å²) in [7, 11) is 0. The van der Waals surface area contributed by atoms with E-state index in [1.807, 2.05) is 0 Å². The molecule has 0 saturated carbocycles. The fraction of sp³-hybridized carbons (Fsp3) is 0.429. The van der Waals surface area contributed by atoms with Gasteiger partial charge in [0.15, 0.2) is 0 Å². The van der Waals surface area contributed by atoms with E-state index in [9.17, 15) is 14.0 Å². The van der Waals surface area contributed by atoms with Crippen LogP contribution in [-0.4, -0.2) is 34.7 Å². The molecule has 0 unspecified atom stereocenters. The monoisotopic (exact) mass is 374 g/mol. The maximum atomic E-state index is 13.6. The van der Waals surface area contributed by atoms with Crippen molar-refractivity contribution in [3.63, 3.8) is 0 Å². The van der Waals surface area contributed by atoms with E-state index < -0.39 is 5.54 Å². The summed E-state index contributed by atoms with van der Waals surface area (Å²) in [5.74, 6) is 0.604. The Labute approximate surface area is 135 Å². The molecule has 7 heteroatoms. The minimum Gasteiger partial charge on any atom is -0.324 e. The fourth-order valence-corrected chi connectivity index (χ4v) is 3.24. The lowest BCUT2D eigenvalue weighted by Crippen LogP contribution is -2.40. The maximum absolute atomic E-state index is 13.6. The standard InChI is InChI=1S/C14H16BrFN2O2S/c1-14(2)12(19)18(13(20)17-14)5-6-21-8-9-3-4-10(15)7-11(9)16/h3-4,7H,5-6,8H2,1-2H3,(H,17,20). The third-order valence-electron chi connectivity index (χ3n) is 3.18. The molecule has 0 aliphatic carbocycles. The number of amides is 3. The second-order valence-corrected chi connectivity index (χ2v) is 7.32. The van der Waals surface area contributed by atoms with E-state index in [0.717, 1.165) is 0 Å². The molecule has 1 aromatic rings. The van der Waals surface area contributed by atoms with Gasteiger partial charge in [0.1, 0.15) is 11.4 Å². The molecule has 0 atom stereocenters. The smallest absolute Gasteiger partial charge is 0.324 e. The van der Waals surface area contributed by atoms with E-state index in [4.69, 9.17) is 0 Å². The number of benzene rings is 1. The Morgan fingerprint density at radius 3 is 2.67 bits per heavy atom. The quantitative estimate of drug-likeness (QED) is 0.636. The molecule has 4 nitrogen and oxygen atoms in total. The summed E-state index contributed by atoms with van der Waals surface area (Å²) in [6, 6.07) is 4.58. The van der Waals surface area contributed by atoms with Crippen molar-refractivity contribution in [1.29, 1.82) is 0 Å². The van der Waals surface area contributed by atoms with Crippen molar-refractivity contribution in [1.82, 2.24) is 10.2 Å². The van der Waals surface area contributed by atoms with Gasteiger partial charge in [0, 0.05) is 22.5 Å². The summed E-state index contributed by atoms with van der Waals surface area (Å²) >= 11 is 4.70. The number of carbonyl (C=O) groups is 2. The zero-order valence-corrected chi connectivity index (χ0v) is 14.2. The minimum absolute atomic E-state index is 0.220. The molecular formula is C14H16BrFN2O2S. The van der Waals surface area contributed by atoms with Crippen molar-refractivity contribution in [2.45, 2.75) is 25.1 Å². The van der Waals surface area contributed by atoms with Gasteiger partial charge in [-0.2, -0.15) is 11.8 Å². The molecule has 1 aliphatic rings.